The van der Waals surface area contributed by atoms with E-state index in [2.05, 4.69) is 4.98 Å². The van der Waals surface area contributed by atoms with Crippen LogP contribution in [0.15, 0.2) is 57.7 Å². The first-order chi connectivity index (χ1) is 12.5. The zero-order chi connectivity index (χ0) is 18.3. The van der Waals surface area contributed by atoms with Crippen LogP contribution >= 0.6 is 11.3 Å². The highest BCUT2D eigenvalue weighted by atomic mass is 32.1. The molecule has 0 aliphatic carbocycles. The minimum Gasteiger partial charge on any atom is -0.454 e. The summed E-state index contributed by atoms with van der Waals surface area (Å²) >= 11 is 1.49. The number of ether oxygens (including phenoxy) is 1. The third-order valence-corrected chi connectivity index (χ3v) is 5.40. The molecular weight excluding hydrogens is 352 g/mol. The van der Waals surface area contributed by atoms with Gasteiger partial charge in [0.2, 0.25) is 0 Å². The van der Waals surface area contributed by atoms with Gasteiger partial charge in [-0.25, -0.2) is 14.6 Å². The van der Waals surface area contributed by atoms with Crippen molar-refractivity contribution in [2.45, 2.75) is 26.0 Å². The molecule has 0 aliphatic rings. The maximum absolute atomic E-state index is 12.6. The average Bonchev–Trinajstić information content (AvgIpc) is 3.21. The Kier molecular flexibility index (Phi) is 4.08. The van der Waals surface area contributed by atoms with Gasteiger partial charge in [0.1, 0.15) is 11.0 Å². The fourth-order valence-electron chi connectivity index (χ4n) is 2.84. The van der Waals surface area contributed by atoms with E-state index in [-0.39, 0.29) is 0 Å². The smallest absolute Gasteiger partial charge is 0.420 e. The van der Waals surface area contributed by atoms with Crippen LogP contribution in [0.3, 0.4) is 0 Å². The number of carbonyl (C=O) groups excluding carboxylic acids is 1. The van der Waals surface area contributed by atoms with Crippen molar-refractivity contribution >= 4 is 38.6 Å². The van der Waals surface area contributed by atoms with Gasteiger partial charge < -0.3 is 9.15 Å². The van der Waals surface area contributed by atoms with Gasteiger partial charge >= 0.3 is 11.7 Å². The van der Waals surface area contributed by atoms with E-state index in [9.17, 15) is 9.59 Å². The van der Waals surface area contributed by atoms with Crippen molar-refractivity contribution in [2.75, 3.05) is 0 Å². The van der Waals surface area contributed by atoms with Gasteiger partial charge in [-0.15, -0.1) is 11.3 Å². The number of benzene rings is 2. The van der Waals surface area contributed by atoms with E-state index >= 15 is 0 Å². The van der Waals surface area contributed by atoms with Crippen LogP contribution in [-0.4, -0.2) is 15.5 Å². The van der Waals surface area contributed by atoms with Crippen LogP contribution in [0.25, 0.3) is 21.3 Å². The molecule has 0 amide bonds. The molecule has 0 saturated carbocycles. The van der Waals surface area contributed by atoms with E-state index in [4.69, 9.17) is 9.15 Å². The molecule has 2 atom stereocenters. The number of para-hydroxylation sites is 3. The molecule has 6 nitrogen and oxygen atoms in total. The van der Waals surface area contributed by atoms with E-state index in [1.807, 2.05) is 24.3 Å². The first kappa shape index (κ1) is 16.5. The zero-order valence-corrected chi connectivity index (χ0v) is 15.0. The molecule has 0 fully saturated rings. The van der Waals surface area contributed by atoms with Crippen LogP contribution in [0.1, 0.15) is 31.0 Å². The Morgan fingerprint density at radius 1 is 1.15 bits per heavy atom. The molecule has 2 heterocycles. The zero-order valence-electron chi connectivity index (χ0n) is 14.2. The molecule has 2 aromatic carbocycles. The highest BCUT2D eigenvalue weighted by molar-refractivity contribution is 7.18. The number of carbonyl (C=O) groups is 1. The maximum atomic E-state index is 12.6. The fraction of sp³-hybridized carbons (Fsp3) is 0.211. The molecule has 4 rings (SSSR count). The van der Waals surface area contributed by atoms with Crippen LogP contribution in [0.5, 0.6) is 0 Å². The Morgan fingerprint density at radius 2 is 1.88 bits per heavy atom. The number of oxazole rings is 1. The summed E-state index contributed by atoms with van der Waals surface area (Å²) in [7, 11) is 0. The van der Waals surface area contributed by atoms with Crippen molar-refractivity contribution in [1.82, 2.24) is 9.55 Å². The summed E-state index contributed by atoms with van der Waals surface area (Å²) in [5.41, 5.74) is 1.88. The van der Waals surface area contributed by atoms with Crippen LogP contribution in [0.4, 0.5) is 0 Å². The van der Waals surface area contributed by atoms with Gasteiger partial charge in [-0.3, -0.25) is 4.57 Å². The molecule has 0 radical (unpaired) electrons. The quantitative estimate of drug-likeness (QED) is 0.508. The monoisotopic (exact) mass is 368 g/mol. The van der Waals surface area contributed by atoms with Crippen molar-refractivity contribution in [2.24, 2.45) is 0 Å². The van der Waals surface area contributed by atoms with E-state index in [0.29, 0.717) is 11.1 Å². The van der Waals surface area contributed by atoms with Crippen molar-refractivity contribution in [3.63, 3.8) is 0 Å². The lowest BCUT2D eigenvalue weighted by molar-refractivity contribution is -0.152. The summed E-state index contributed by atoms with van der Waals surface area (Å²) in [6.07, 6.45) is -0.504. The Balaban J connectivity index is 1.58. The first-order valence-corrected chi connectivity index (χ1v) is 9.02. The molecule has 0 N–H and O–H groups in total. The minimum absolute atomic E-state index is 0.441. The van der Waals surface area contributed by atoms with Crippen LogP contribution < -0.4 is 5.76 Å². The normalized spacial score (nSPS) is 13.8. The lowest BCUT2D eigenvalue weighted by atomic mass is 10.3. The lowest BCUT2D eigenvalue weighted by Gasteiger charge is -2.15. The molecule has 0 saturated heterocycles. The second-order valence-electron chi connectivity index (χ2n) is 5.98. The molecule has 7 heteroatoms. The topological polar surface area (TPSA) is 74.3 Å². The number of nitrogens with zero attached hydrogens (tertiary/aromatic N) is 2. The van der Waals surface area contributed by atoms with Gasteiger partial charge in [0.25, 0.3) is 0 Å². The number of esters is 1. The number of hydrogen-bond acceptors (Lipinski definition) is 6. The molecule has 4 aromatic rings. The Labute approximate surface area is 152 Å². The molecule has 0 unspecified atom stereocenters. The van der Waals surface area contributed by atoms with Crippen LogP contribution in [-0.2, 0) is 9.53 Å². The van der Waals surface area contributed by atoms with Crippen LogP contribution in [0.2, 0.25) is 0 Å². The van der Waals surface area contributed by atoms with E-state index < -0.39 is 23.9 Å². The number of thiazole rings is 1. The maximum Gasteiger partial charge on any atom is 0.420 e. The third kappa shape index (κ3) is 2.80. The summed E-state index contributed by atoms with van der Waals surface area (Å²) < 4.78 is 13.1. The largest absolute Gasteiger partial charge is 0.454 e. The Morgan fingerprint density at radius 3 is 2.69 bits per heavy atom. The number of rotatable bonds is 4. The van der Waals surface area contributed by atoms with Crippen molar-refractivity contribution in [3.8, 4) is 0 Å². The van der Waals surface area contributed by atoms with E-state index in [0.717, 1.165) is 15.2 Å². The highest BCUT2D eigenvalue weighted by Gasteiger charge is 2.25. The SMILES string of the molecule is C[C@H](C(=O)O[C@H](C)c1nc2ccccc2s1)n1c(=O)oc2ccccc21. The second-order valence-corrected chi connectivity index (χ2v) is 7.04. The number of hydrogen-bond donors (Lipinski definition) is 0. The summed E-state index contributed by atoms with van der Waals surface area (Å²) in [6.45, 7) is 3.40. The predicted octanol–water partition coefficient (Wildman–Crippen LogP) is 4.07. The molecular formula is C19H16N2O4S. The van der Waals surface area contributed by atoms with Crippen molar-refractivity contribution in [3.05, 3.63) is 64.1 Å². The van der Waals surface area contributed by atoms with Crippen LogP contribution in [0, 0.1) is 0 Å². The van der Waals surface area contributed by atoms with Gasteiger partial charge in [-0.05, 0) is 38.1 Å². The standard InChI is InChI=1S/C19H16N2O4S/c1-11(21-14-8-4-5-9-15(14)25-19(21)23)18(22)24-12(2)17-20-13-7-3-6-10-16(13)26-17/h3-12H,1-2H3/t11-,12-/m1/s1. The van der Waals surface area contributed by atoms with Gasteiger partial charge in [-0.2, -0.15) is 0 Å². The average molecular weight is 368 g/mol. The molecule has 26 heavy (non-hydrogen) atoms. The van der Waals surface area contributed by atoms with Gasteiger partial charge in [-0.1, -0.05) is 24.3 Å². The second kappa shape index (κ2) is 6.42. The fourth-order valence-corrected chi connectivity index (χ4v) is 3.79. The van der Waals surface area contributed by atoms with E-state index in [1.54, 1.807) is 38.1 Å². The van der Waals surface area contributed by atoms with E-state index in [1.165, 1.54) is 15.9 Å². The first-order valence-electron chi connectivity index (χ1n) is 8.20. The van der Waals surface area contributed by atoms with Gasteiger partial charge in [0.05, 0.1) is 15.7 Å². The van der Waals surface area contributed by atoms with Gasteiger partial charge in [0.15, 0.2) is 11.7 Å². The van der Waals surface area contributed by atoms with Gasteiger partial charge in [0, 0.05) is 0 Å². The summed E-state index contributed by atoms with van der Waals surface area (Å²) in [6, 6.07) is 13.9. The number of aromatic nitrogens is 2. The Bertz CT molecular complexity index is 1120. The molecule has 0 spiro atoms. The molecule has 0 bridgehead atoms. The Hall–Kier alpha value is -2.93. The molecule has 132 valence electrons. The lowest BCUT2D eigenvalue weighted by Crippen LogP contribution is -2.27. The number of fused-ring (bicyclic) bond motifs is 2. The molecule has 0 aliphatic heterocycles. The predicted molar refractivity (Wildman–Crippen MR) is 99.3 cm³/mol. The summed E-state index contributed by atoms with van der Waals surface area (Å²) in [4.78, 5) is 29.2. The highest BCUT2D eigenvalue weighted by Crippen LogP contribution is 2.29. The summed E-state index contributed by atoms with van der Waals surface area (Å²) in [5.74, 6) is -1.09. The third-order valence-electron chi connectivity index (χ3n) is 4.20. The van der Waals surface area contributed by atoms with Crippen molar-refractivity contribution in [1.29, 1.82) is 0 Å². The van der Waals surface area contributed by atoms with Crippen molar-refractivity contribution < 1.29 is 13.9 Å². The minimum atomic E-state index is -0.803. The molecule has 2 aromatic heterocycles. The summed E-state index contributed by atoms with van der Waals surface area (Å²) in [5, 5.41) is 0.719.